The lowest BCUT2D eigenvalue weighted by Gasteiger charge is -2.18. The van der Waals surface area contributed by atoms with Crippen LogP contribution >= 0.6 is 11.3 Å². The first-order chi connectivity index (χ1) is 8.41. The SMILES string of the molecule is Cc1nc(-c2ccc(C(C)(C)C)cc2)c(C#N)s1. The molecule has 0 unspecified atom stereocenters. The van der Waals surface area contributed by atoms with Crippen molar-refractivity contribution in [2.75, 3.05) is 0 Å². The van der Waals surface area contributed by atoms with Crippen molar-refractivity contribution in [3.8, 4) is 17.3 Å². The summed E-state index contributed by atoms with van der Waals surface area (Å²) in [5, 5.41) is 10.0. The fraction of sp³-hybridized carbons (Fsp3) is 0.333. The molecule has 1 heterocycles. The molecular formula is C15H16N2S. The van der Waals surface area contributed by atoms with Crippen LogP contribution in [0.1, 0.15) is 36.2 Å². The molecule has 0 atom stereocenters. The van der Waals surface area contributed by atoms with Crippen LogP contribution in [0.3, 0.4) is 0 Å². The molecule has 0 saturated carbocycles. The zero-order chi connectivity index (χ0) is 13.3. The summed E-state index contributed by atoms with van der Waals surface area (Å²) in [7, 11) is 0. The Kier molecular flexibility index (Phi) is 3.23. The summed E-state index contributed by atoms with van der Waals surface area (Å²) >= 11 is 1.45. The largest absolute Gasteiger partial charge is 0.240 e. The average Bonchev–Trinajstić information content (AvgIpc) is 2.69. The highest BCUT2D eigenvalue weighted by Gasteiger charge is 2.15. The Balaban J connectivity index is 2.44. The van der Waals surface area contributed by atoms with Gasteiger partial charge in [0.05, 0.1) is 10.7 Å². The van der Waals surface area contributed by atoms with E-state index in [0.717, 1.165) is 16.3 Å². The number of aryl methyl sites for hydroxylation is 1. The third kappa shape index (κ3) is 2.44. The molecule has 2 rings (SSSR count). The highest BCUT2D eigenvalue weighted by atomic mass is 32.1. The molecule has 2 nitrogen and oxygen atoms in total. The summed E-state index contributed by atoms with van der Waals surface area (Å²) in [6.07, 6.45) is 0. The van der Waals surface area contributed by atoms with E-state index in [9.17, 15) is 0 Å². The second-order valence-corrected chi connectivity index (χ2v) is 6.55. The minimum Gasteiger partial charge on any atom is -0.240 e. The van der Waals surface area contributed by atoms with E-state index < -0.39 is 0 Å². The Morgan fingerprint density at radius 3 is 2.28 bits per heavy atom. The zero-order valence-corrected chi connectivity index (χ0v) is 11.9. The Hall–Kier alpha value is -1.66. The van der Waals surface area contributed by atoms with E-state index in [1.807, 2.05) is 6.92 Å². The molecule has 0 aliphatic carbocycles. The molecule has 0 saturated heterocycles. The number of rotatable bonds is 1. The van der Waals surface area contributed by atoms with Crippen LogP contribution in [0.5, 0.6) is 0 Å². The van der Waals surface area contributed by atoms with Crippen LogP contribution in [0.15, 0.2) is 24.3 Å². The van der Waals surface area contributed by atoms with Crippen molar-refractivity contribution in [2.45, 2.75) is 33.1 Å². The Morgan fingerprint density at radius 2 is 1.78 bits per heavy atom. The molecule has 18 heavy (non-hydrogen) atoms. The molecule has 92 valence electrons. The third-order valence-corrected chi connectivity index (χ3v) is 3.74. The van der Waals surface area contributed by atoms with Crippen molar-refractivity contribution in [1.82, 2.24) is 4.98 Å². The van der Waals surface area contributed by atoms with Gasteiger partial charge in [-0.3, -0.25) is 0 Å². The van der Waals surface area contributed by atoms with Gasteiger partial charge in [0.15, 0.2) is 0 Å². The number of nitrogens with zero attached hydrogens (tertiary/aromatic N) is 2. The standard InChI is InChI=1S/C15H16N2S/c1-10-17-14(13(9-16)18-10)11-5-7-12(8-6-11)15(2,3)4/h5-8H,1-4H3. The predicted molar refractivity (Wildman–Crippen MR) is 75.7 cm³/mol. The highest BCUT2D eigenvalue weighted by molar-refractivity contribution is 7.12. The number of thiazole rings is 1. The van der Waals surface area contributed by atoms with E-state index in [1.54, 1.807) is 0 Å². The Labute approximate surface area is 112 Å². The fourth-order valence-corrected chi connectivity index (χ4v) is 2.56. The molecule has 0 aliphatic heterocycles. The third-order valence-electron chi connectivity index (χ3n) is 2.86. The van der Waals surface area contributed by atoms with Crippen LogP contribution in [0, 0.1) is 18.3 Å². The van der Waals surface area contributed by atoms with Crippen LogP contribution in [0.25, 0.3) is 11.3 Å². The van der Waals surface area contributed by atoms with Crippen LogP contribution in [-0.4, -0.2) is 4.98 Å². The summed E-state index contributed by atoms with van der Waals surface area (Å²) < 4.78 is 0. The molecule has 0 aliphatic rings. The number of hydrogen-bond acceptors (Lipinski definition) is 3. The second-order valence-electron chi connectivity index (χ2n) is 5.35. The molecule has 0 radical (unpaired) electrons. The van der Waals surface area contributed by atoms with Crippen molar-refractivity contribution in [3.05, 3.63) is 39.7 Å². The van der Waals surface area contributed by atoms with Crippen molar-refractivity contribution in [2.24, 2.45) is 0 Å². The minimum absolute atomic E-state index is 0.147. The van der Waals surface area contributed by atoms with E-state index in [-0.39, 0.29) is 5.41 Å². The Morgan fingerprint density at radius 1 is 1.17 bits per heavy atom. The summed E-state index contributed by atoms with van der Waals surface area (Å²) in [5.74, 6) is 0. The van der Waals surface area contributed by atoms with Gasteiger partial charge in [-0.25, -0.2) is 4.98 Å². The minimum atomic E-state index is 0.147. The van der Waals surface area contributed by atoms with Gasteiger partial charge in [0.1, 0.15) is 10.9 Å². The topological polar surface area (TPSA) is 36.7 Å². The average molecular weight is 256 g/mol. The summed E-state index contributed by atoms with van der Waals surface area (Å²) in [6, 6.07) is 10.6. The van der Waals surface area contributed by atoms with Crippen LogP contribution in [0.4, 0.5) is 0 Å². The van der Waals surface area contributed by atoms with Crippen LogP contribution in [-0.2, 0) is 5.41 Å². The maximum atomic E-state index is 9.10. The summed E-state index contributed by atoms with van der Waals surface area (Å²) in [6.45, 7) is 8.50. The molecule has 1 aromatic carbocycles. The van der Waals surface area contributed by atoms with E-state index in [0.29, 0.717) is 4.88 Å². The highest BCUT2D eigenvalue weighted by Crippen LogP contribution is 2.29. The van der Waals surface area contributed by atoms with Gasteiger partial charge < -0.3 is 0 Å². The molecular weight excluding hydrogens is 240 g/mol. The van der Waals surface area contributed by atoms with Gasteiger partial charge in [-0.05, 0) is 17.9 Å². The van der Waals surface area contributed by atoms with Crippen LogP contribution < -0.4 is 0 Å². The zero-order valence-electron chi connectivity index (χ0n) is 11.1. The second kappa shape index (κ2) is 4.55. The van der Waals surface area contributed by atoms with Gasteiger partial charge in [0, 0.05) is 5.56 Å². The number of nitriles is 1. The summed E-state index contributed by atoms with van der Waals surface area (Å²) in [4.78, 5) is 5.13. The number of benzene rings is 1. The molecule has 3 heteroatoms. The maximum Gasteiger partial charge on any atom is 0.132 e. The van der Waals surface area contributed by atoms with Gasteiger partial charge in [0.2, 0.25) is 0 Å². The fourth-order valence-electron chi connectivity index (χ4n) is 1.83. The predicted octanol–water partition coefficient (Wildman–Crippen LogP) is 4.29. The smallest absolute Gasteiger partial charge is 0.132 e. The molecule has 0 bridgehead atoms. The van der Waals surface area contributed by atoms with E-state index >= 15 is 0 Å². The normalized spacial score (nSPS) is 11.3. The quantitative estimate of drug-likeness (QED) is 0.763. The van der Waals surface area contributed by atoms with Gasteiger partial charge >= 0.3 is 0 Å². The van der Waals surface area contributed by atoms with Gasteiger partial charge in [-0.2, -0.15) is 5.26 Å². The lowest BCUT2D eigenvalue weighted by molar-refractivity contribution is 0.590. The van der Waals surface area contributed by atoms with E-state index in [2.05, 4.69) is 56.1 Å². The molecule has 0 amide bonds. The van der Waals surface area contributed by atoms with Gasteiger partial charge in [-0.15, -0.1) is 11.3 Å². The van der Waals surface area contributed by atoms with Crippen molar-refractivity contribution < 1.29 is 0 Å². The van der Waals surface area contributed by atoms with Crippen molar-refractivity contribution in [1.29, 1.82) is 5.26 Å². The number of hydrogen-bond donors (Lipinski definition) is 0. The number of aromatic nitrogens is 1. The first-order valence-electron chi connectivity index (χ1n) is 5.90. The molecule has 1 aromatic heterocycles. The summed E-state index contributed by atoms with van der Waals surface area (Å²) in [5.41, 5.74) is 3.26. The van der Waals surface area contributed by atoms with Crippen molar-refractivity contribution >= 4 is 11.3 Å². The maximum absolute atomic E-state index is 9.10. The van der Waals surface area contributed by atoms with E-state index in [1.165, 1.54) is 16.9 Å². The Bertz CT molecular complexity index is 595. The molecule has 2 aromatic rings. The first kappa shape index (κ1) is 12.8. The monoisotopic (exact) mass is 256 g/mol. The van der Waals surface area contributed by atoms with Gasteiger partial charge in [-0.1, -0.05) is 45.0 Å². The lowest BCUT2D eigenvalue weighted by atomic mass is 9.86. The molecule has 0 spiro atoms. The van der Waals surface area contributed by atoms with Crippen LogP contribution in [0.2, 0.25) is 0 Å². The van der Waals surface area contributed by atoms with Gasteiger partial charge in [0.25, 0.3) is 0 Å². The lowest BCUT2D eigenvalue weighted by Crippen LogP contribution is -2.10. The first-order valence-corrected chi connectivity index (χ1v) is 6.72. The van der Waals surface area contributed by atoms with Crippen molar-refractivity contribution in [3.63, 3.8) is 0 Å². The van der Waals surface area contributed by atoms with E-state index in [4.69, 9.17) is 5.26 Å². The molecule has 0 N–H and O–H groups in total. The molecule has 0 fully saturated rings.